The number of nitrogens with two attached hydrogens (primary N) is 1. The Morgan fingerprint density at radius 3 is 2.42 bits per heavy atom. The second-order valence-electron chi connectivity index (χ2n) is 9.74. The first-order valence-electron chi connectivity index (χ1n) is 12.9. The average molecular weight is 548 g/mol. The molecule has 10 heteroatoms. The molecule has 0 saturated heterocycles. The standard InChI is InChI=1S/C30H28F3N5O2/c1-3-36(2)18-21-7-4-5-10-24(21)19-11-13-22(14-12-19)37-16-15-25-26(29(37)40)38(35-27(25)30(31,32)33)23-9-6-8-20(17-23)28(34)39/h4-14,17H,3,15-16,18H2,1-2H3,(H2,34,39). The second kappa shape index (κ2) is 10.6. The molecule has 40 heavy (non-hydrogen) atoms. The number of hydrogen-bond donors (Lipinski definition) is 1. The van der Waals surface area contributed by atoms with Crippen molar-refractivity contribution in [3.63, 3.8) is 0 Å². The Labute approximate surface area is 229 Å². The summed E-state index contributed by atoms with van der Waals surface area (Å²) in [5.41, 5.74) is 7.93. The predicted molar refractivity (Wildman–Crippen MR) is 146 cm³/mol. The van der Waals surface area contributed by atoms with Gasteiger partial charge in [0.25, 0.3) is 5.91 Å². The molecule has 5 rings (SSSR count). The van der Waals surface area contributed by atoms with E-state index < -0.39 is 23.7 Å². The molecule has 0 fully saturated rings. The predicted octanol–water partition coefficient (Wildman–Crippen LogP) is 5.31. The first-order valence-corrected chi connectivity index (χ1v) is 12.9. The highest BCUT2D eigenvalue weighted by molar-refractivity contribution is 6.07. The van der Waals surface area contributed by atoms with Gasteiger partial charge >= 0.3 is 6.18 Å². The van der Waals surface area contributed by atoms with Crippen LogP contribution in [0.15, 0.2) is 72.8 Å². The Hall–Kier alpha value is -4.44. The topological polar surface area (TPSA) is 84.5 Å². The van der Waals surface area contributed by atoms with Crippen LogP contribution < -0.4 is 10.6 Å². The van der Waals surface area contributed by atoms with E-state index in [1.807, 2.05) is 30.3 Å². The highest BCUT2D eigenvalue weighted by Gasteiger charge is 2.43. The molecule has 0 saturated carbocycles. The van der Waals surface area contributed by atoms with Crippen molar-refractivity contribution in [1.29, 1.82) is 0 Å². The van der Waals surface area contributed by atoms with Gasteiger partial charge in [-0.1, -0.05) is 49.4 Å². The third-order valence-electron chi connectivity index (χ3n) is 7.15. The molecule has 7 nitrogen and oxygen atoms in total. The van der Waals surface area contributed by atoms with Crippen molar-refractivity contribution in [1.82, 2.24) is 14.7 Å². The summed E-state index contributed by atoms with van der Waals surface area (Å²) in [6.45, 7) is 3.85. The Bertz CT molecular complexity index is 1580. The van der Waals surface area contributed by atoms with E-state index in [2.05, 4.69) is 30.0 Å². The summed E-state index contributed by atoms with van der Waals surface area (Å²) in [4.78, 5) is 29.1. The Kier molecular flexibility index (Phi) is 7.20. The average Bonchev–Trinajstić information content (AvgIpc) is 3.35. The van der Waals surface area contributed by atoms with E-state index in [4.69, 9.17) is 5.73 Å². The van der Waals surface area contributed by atoms with Crippen LogP contribution in [0.4, 0.5) is 18.9 Å². The number of aromatic nitrogens is 2. The maximum absolute atomic E-state index is 13.9. The Morgan fingerprint density at radius 2 is 1.75 bits per heavy atom. The number of hydrogen-bond acceptors (Lipinski definition) is 4. The molecule has 4 aromatic rings. The summed E-state index contributed by atoms with van der Waals surface area (Å²) in [6.07, 6.45) is -4.78. The summed E-state index contributed by atoms with van der Waals surface area (Å²) >= 11 is 0. The summed E-state index contributed by atoms with van der Waals surface area (Å²) in [5.74, 6) is -1.35. The van der Waals surface area contributed by atoms with Crippen LogP contribution in [0.25, 0.3) is 16.8 Å². The van der Waals surface area contributed by atoms with Crippen LogP contribution in [0, 0.1) is 0 Å². The van der Waals surface area contributed by atoms with Gasteiger partial charge in [0.15, 0.2) is 5.69 Å². The van der Waals surface area contributed by atoms with Gasteiger partial charge in [0.2, 0.25) is 5.91 Å². The molecule has 0 aliphatic carbocycles. The number of nitrogens with zero attached hydrogens (tertiary/aromatic N) is 4. The fourth-order valence-corrected chi connectivity index (χ4v) is 4.98. The van der Waals surface area contributed by atoms with E-state index in [0.29, 0.717) is 5.69 Å². The summed E-state index contributed by atoms with van der Waals surface area (Å²) in [7, 11) is 2.05. The van der Waals surface area contributed by atoms with E-state index in [0.717, 1.165) is 28.9 Å². The minimum absolute atomic E-state index is 0.0284. The Morgan fingerprint density at radius 1 is 1.02 bits per heavy atom. The normalized spacial score (nSPS) is 13.6. The number of benzene rings is 3. The monoisotopic (exact) mass is 547 g/mol. The lowest BCUT2D eigenvalue weighted by Crippen LogP contribution is -2.39. The largest absolute Gasteiger partial charge is 0.435 e. The van der Waals surface area contributed by atoms with E-state index in [9.17, 15) is 22.8 Å². The van der Waals surface area contributed by atoms with Crippen LogP contribution in [0.1, 0.15) is 44.6 Å². The first-order chi connectivity index (χ1) is 19.1. The molecule has 2 N–H and O–H groups in total. The molecule has 0 bridgehead atoms. The number of primary amides is 1. The summed E-state index contributed by atoms with van der Waals surface area (Å²) in [5, 5.41) is 3.79. The maximum Gasteiger partial charge on any atom is 0.435 e. The van der Waals surface area contributed by atoms with Gasteiger partial charge in [0, 0.05) is 29.9 Å². The number of alkyl halides is 3. The maximum atomic E-state index is 13.9. The number of carbonyl (C=O) groups excluding carboxylic acids is 2. The van der Waals surface area contributed by atoms with Crippen molar-refractivity contribution < 1.29 is 22.8 Å². The van der Waals surface area contributed by atoms with E-state index in [1.54, 1.807) is 12.1 Å². The zero-order chi connectivity index (χ0) is 28.6. The lowest BCUT2D eigenvalue weighted by atomic mass is 9.98. The first kappa shape index (κ1) is 27.1. The minimum Gasteiger partial charge on any atom is -0.366 e. The smallest absolute Gasteiger partial charge is 0.366 e. The highest BCUT2D eigenvalue weighted by Crippen LogP contribution is 2.37. The van der Waals surface area contributed by atoms with Gasteiger partial charge in [-0.15, -0.1) is 0 Å². The number of halogens is 3. The second-order valence-corrected chi connectivity index (χ2v) is 9.74. The lowest BCUT2D eigenvalue weighted by molar-refractivity contribution is -0.141. The quantitative estimate of drug-likeness (QED) is 0.340. The minimum atomic E-state index is -4.75. The van der Waals surface area contributed by atoms with Crippen molar-refractivity contribution >= 4 is 17.5 Å². The van der Waals surface area contributed by atoms with Crippen molar-refractivity contribution in [2.75, 3.05) is 25.0 Å². The van der Waals surface area contributed by atoms with Crippen molar-refractivity contribution in [2.24, 2.45) is 5.73 Å². The van der Waals surface area contributed by atoms with Gasteiger partial charge in [-0.25, -0.2) is 4.68 Å². The molecule has 2 heterocycles. The number of amides is 2. The molecular formula is C30H28F3N5O2. The third kappa shape index (κ3) is 5.10. The number of carbonyl (C=O) groups is 2. The molecule has 1 aliphatic rings. The molecule has 206 valence electrons. The number of rotatable bonds is 7. The van der Waals surface area contributed by atoms with Crippen LogP contribution in [0.5, 0.6) is 0 Å². The SMILES string of the molecule is CCN(C)Cc1ccccc1-c1ccc(N2CCc3c(C(F)(F)F)nn(-c4cccc(C(N)=O)c4)c3C2=O)cc1. The molecule has 1 aliphatic heterocycles. The van der Waals surface area contributed by atoms with Crippen molar-refractivity contribution in [2.45, 2.75) is 26.1 Å². The Balaban J connectivity index is 1.52. The fraction of sp³-hybridized carbons (Fsp3) is 0.233. The van der Waals surface area contributed by atoms with E-state index in [1.165, 1.54) is 34.7 Å². The third-order valence-corrected chi connectivity index (χ3v) is 7.15. The summed E-state index contributed by atoms with van der Waals surface area (Å²) < 4.78 is 42.7. The van der Waals surface area contributed by atoms with Crippen LogP contribution >= 0.6 is 0 Å². The molecule has 0 unspecified atom stereocenters. The zero-order valence-electron chi connectivity index (χ0n) is 22.1. The molecule has 0 atom stereocenters. The van der Waals surface area contributed by atoms with E-state index in [-0.39, 0.29) is 35.5 Å². The molecule has 0 radical (unpaired) electrons. The molecule has 0 spiro atoms. The zero-order valence-corrected chi connectivity index (χ0v) is 22.1. The molecule has 2 amide bonds. The molecular weight excluding hydrogens is 519 g/mol. The van der Waals surface area contributed by atoms with Gasteiger partial charge in [0.05, 0.1) is 5.69 Å². The van der Waals surface area contributed by atoms with Crippen molar-refractivity contribution in [3.8, 4) is 16.8 Å². The van der Waals surface area contributed by atoms with Gasteiger partial charge in [-0.2, -0.15) is 18.3 Å². The van der Waals surface area contributed by atoms with Crippen LogP contribution in [0.2, 0.25) is 0 Å². The van der Waals surface area contributed by atoms with E-state index >= 15 is 0 Å². The van der Waals surface area contributed by atoms with Crippen LogP contribution in [0.3, 0.4) is 0 Å². The van der Waals surface area contributed by atoms with Gasteiger partial charge < -0.3 is 15.5 Å². The lowest BCUT2D eigenvalue weighted by Gasteiger charge is -2.28. The molecule has 3 aromatic carbocycles. The fourth-order valence-electron chi connectivity index (χ4n) is 4.98. The van der Waals surface area contributed by atoms with Gasteiger partial charge in [-0.3, -0.25) is 9.59 Å². The summed E-state index contributed by atoms with van der Waals surface area (Å²) in [6, 6.07) is 21.3. The van der Waals surface area contributed by atoms with Crippen molar-refractivity contribution in [3.05, 3.63) is 101 Å². The van der Waals surface area contributed by atoms with Gasteiger partial charge in [0.1, 0.15) is 5.69 Å². The highest BCUT2D eigenvalue weighted by atomic mass is 19.4. The number of anilines is 1. The van der Waals surface area contributed by atoms with Crippen LogP contribution in [-0.2, 0) is 19.1 Å². The van der Waals surface area contributed by atoms with Crippen LogP contribution in [-0.4, -0.2) is 46.6 Å². The number of fused-ring (bicyclic) bond motifs is 1. The molecule has 1 aromatic heterocycles. The van der Waals surface area contributed by atoms with Gasteiger partial charge in [-0.05, 0) is 67.0 Å².